The van der Waals surface area contributed by atoms with E-state index in [1.165, 1.54) is 0 Å². The van der Waals surface area contributed by atoms with E-state index >= 15 is 0 Å². The van der Waals surface area contributed by atoms with Gasteiger partial charge in [0.15, 0.2) is 5.65 Å². The summed E-state index contributed by atoms with van der Waals surface area (Å²) in [4.78, 5) is 18.4. The number of aromatic nitrogens is 2. The van der Waals surface area contributed by atoms with Crippen LogP contribution in [0, 0.1) is 0 Å². The van der Waals surface area contributed by atoms with Gasteiger partial charge in [-0.15, -0.1) is 11.8 Å². The zero-order valence-electron chi connectivity index (χ0n) is 20.0. The molecule has 8 heteroatoms. The van der Waals surface area contributed by atoms with Crippen LogP contribution >= 0.6 is 39.3 Å². The van der Waals surface area contributed by atoms with Crippen LogP contribution in [0.3, 0.4) is 0 Å². The van der Waals surface area contributed by atoms with Gasteiger partial charge in [0.25, 0.3) is 5.91 Å². The number of nitrogens with zero attached hydrogens (tertiary/aromatic N) is 2. The summed E-state index contributed by atoms with van der Waals surface area (Å²) < 4.78 is 2.93. The molecule has 5 rings (SSSR count). The number of rotatable bonds is 8. The summed E-state index contributed by atoms with van der Waals surface area (Å²) in [6, 6.07) is 27.6. The van der Waals surface area contributed by atoms with E-state index in [-0.39, 0.29) is 5.91 Å². The van der Waals surface area contributed by atoms with E-state index in [1.54, 1.807) is 11.8 Å². The first-order valence-electron chi connectivity index (χ1n) is 11.7. The van der Waals surface area contributed by atoms with E-state index < -0.39 is 0 Å². The van der Waals surface area contributed by atoms with Gasteiger partial charge in [-0.3, -0.25) is 9.20 Å². The van der Waals surface area contributed by atoms with Crippen LogP contribution in [0.5, 0.6) is 0 Å². The van der Waals surface area contributed by atoms with Gasteiger partial charge in [0.2, 0.25) is 0 Å². The molecule has 0 fully saturated rings. The van der Waals surface area contributed by atoms with Crippen LogP contribution in [0.2, 0.25) is 5.02 Å². The Hall–Kier alpha value is -3.26. The van der Waals surface area contributed by atoms with Gasteiger partial charge in [0.1, 0.15) is 5.82 Å². The van der Waals surface area contributed by atoms with Gasteiger partial charge < -0.3 is 10.6 Å². The Labute approximate surface area is 233 Å². The highest BCUT2D eigenvalue weighted by Crippen LogP contribution is 2.31. The molecule has 0 unspecified atom stereocenters. The summed E-state index contributed by atoms with van der Waals surface area (Å²) in [7, 11) is 0. The highest BCUT2D eigenvalue weighted by atomic mass is 79.9. The quantitative estimate of drug-likeness (QED) is 0.182. The summed E-state index contributed by atoms with van der Waals surface area (Å²) in [5.41, 5.74) is 5.36. The molecule has 0 aliphatic rings. The number of amides is 1. The lowest BCUT2D eigenvalue weighted by Gasteiger charge is -2.13. The molecule has 2 N–H and O–H groups in total. The minimum absolute atomic E-state index is 0.0652. The minimum Gasteiger partial charge on any atom is -0.367 e. The maximum atomic E-state index is 12.6. The highest BCUT2D eigenvalue weighted by Gasteiger charge is 2.13. The molecule has 0 radical (unpaired) electrons. The Balaban J connectivity index is 1.28. The highest BCUT2D eigenvalue weighted by molar-refractivity contribution is 9.10. The first-order valence-corrected chi connectivity index (χ1v) is 14.1. The largest absolute Gasteiger partial charge is 0.367 e. The molecule has 0 atom stereocenters. The van der Waals surface area contributed by atoms with Crippen molar-refractivity contribution in [2.24, 2.45) is 0 Å². The molecule has 0 spiro atoms. The Kier molecular flexibility index (Phi) is 7.84. The summed E-state index contributed by atoms with van der Waals surface area (Å²) in [6.45, 7) is 1.10. The zero-order valence-corrected chi connectivity index (χ0v) is 23.2. The number of halogens is 2. The molecule has 186 valence electrons. The van der Waals surface area contributed by atoms with E-state index in [4.69, 9.17) is 16.6 Å². The molecule has 5 aromatic rings. The van der Waals surface area contributed by atoms with Gasteiger partial charge in [-0.25, -0.2) is 4.98 Å². The topological polar surface area (TPSA) is 58.4 Å². The Morgan fingerprint density at radius 3 is 2.43 bits per heavy atom. The third-order valence-corrected chi connectivity index (χ3v) is 7.77. The predicted octanol–water partition coefficient (Wildman–Crippen LogP) is 7.68. The normalized spacial score (nSPS) is 11.0. The van der Waals surface area contributed by atoms with E-state index in [9.17, 15) is 4.79 Å². The lowest BCUT2D eigenvalue weighted by molar-refractivity contribution is 0.0948. The first-order chi connectivity index (χ1) is 18.0. The number of hydrogen-bond donors (Lipinski definition) is 2. The third-order valence-electron chi connectivity index (χ3n) is 6.02. The molecular formula is C29H24BrClN4OS. The van der Waals surface area contributed by atoms with E-state index in [2.05, 4.69) is 38.7 Å². The van der Waals surface area contributed by atoms with Crippen molar-refractivity contribution in [3.05, 3.63) is 117 Å². The molecule has 3 aromatic carbocycles. The van der Waals surface area contributed by atoms with Crippen molar-refractivity contribution >= 4 is 56.7 Å². The summed E-state index contributed by atoms with van der Waals surface area (Å²) in [6.07, 6.45) is 3.95. The molecule has 0 saturated carbocycles. The van der Waals surface area contributed by atoms with Gasteiger partial charge >= 0.3 is 0 Å². The summed E-state index contributed by atoms with van der Waals surface area (Å²) in [5.74, 6) is 0.846. The van der Waals surface area contributed by atoms with Gasteiger partial charge in [-0.05, 0) is 57.6 Å². The lowest BCUT2D eigenvalue weighted by atomic mass is 10.1. The Morgan fingerprint density at radius 2 is 1.68 bits per heavy atom. The van der Waals surface area contributed by atoms with Gasteiger partial charge in [0, 0.05) is 40.8 Å². The van der Waals surface area contributed by atoms with Crippen molar-refractivity contribution in [2.75, 3.05) is 11.6 Å². The number of carbonyl (C=O) groups excluding carboxylic acids is 1. The monoisotopic (exact) mass is 590 g/mol. The lowest BCUT2D eigenvalue weighted by Crippen LogP contribution is -2.23. The van der Waals surface area contributed by atoms with Crippen LogP contribution in [0.15, 0.2) is 100 Å². The maximum Gasteiger partial charge on any atom is 0.252 e. The van der Waals surface area contributed by atoms with Crippen molar-refractivity contribution in [1.29, 1.82) is 0 Å². The first kappa shape index (κ1) is 25.4. The second-order valence-electron chi connectivity index (χ2n) is 8.42. The van der Waals surface area contributed by atoms with Crippen LogP contribution in [0.4, 0.5) is 5.82 Å². The summed E-state index contributed by atoms with van der Waals surface area (Å²) in [5, 5.41) is 7.22. The maximum absolute atomic E-state index is 12.6. The second kappa shape index (κ2) is 11.4. The second-order valence-corrected chi connectivity index (χ2v) is 10.5. The predicted molar refractivity (Wildman–Crippen MR) is 156 cm³/mol. The van der Waals surface area contributed by atoms with Crippen LogP contribution in [-0.2, 0) is 13.1 Å². The molecule has 2 heterocycles. The smallest absolute Gasteiger partial charge is 0.252 e. The standard InChI is InChI=1S/C29H24BrClN4OS/c1-37-26-9-5-3-7-22(26)29(36)33-18-20-12-10-19(11-13-20)17-32-27-16-25(21-6-2-4-8-24(21)31)34-28-23(30)14-15-35(27)28/h2-16,32H,17-18H2,1H3,(H,33,36). The van der Waals surface area contributed by atoms with E-state index in [0.717, 1.165) is 43.2 Å². The van der Waals surface area contributed by atoms with E-state index in [0.29, 0.717) is 23.7 Å². The number of hydrogen-bond acceptors (Lipinski definition) is 4. The van der Waals surface area contributed by atoms with Gasteiger partial charge in [-0.2, -0.15) is 0 Å². The number of carbonyl (C=O) groups is 1. The van der Waals surface area contributed by atoms with Crippen molar-refractivity contribution in [3.8, 4) is 11.3 Å². The van der Waals surface area contributed by atoms with Crippen molar-refractivity contribution < 1.29 is 4.79 Å². The SMILES string of the molecule is CSc1ccccc1C(=O)NCc1ccc(CNc2cc(-c3ccccc3Cl)nc3c(Br)ccn23)cc1. The van der Waals surface area contributed by atoms with Crippen molar-refractivity contribution in [3.63, 3.8) is 0 Å². The number of nitrogens with one attached hydrogen (secondary N) is 2. The zero-order chi connectivity index (χ0) is 25.8. The molecule has 2 aromatic heterocycles. The molecule has 0 aliphatic carbocycles. The Morgan fingerprint density at radius 1 is 0.973 bits per heavy atom. The van der Waals surface area contributed by atoms with Crippen LogP contribution < -0.4 is 10.6 Å². The molecule has 1 amide bonds. The van der Waals surface area contributed by atoms with Crippen molar-refractivity contribution in [1.82, 2.24) is 14.7 Å². The molecule has 0 aliphatic heterocycles. The minimum atomic E-state index is -0.0652. The van der Waals surface area contributed by atoms with Crippen LogP contribution in [-0.4, -0.2) is 21.5 Å². The van der Waals surface area contributed by atoms with Crippen LogP contribution in [0.1, 0.15) is 21.5 Å². The van der Waals surface area contributed by atoms with Gasteiger partial charge in [-0.1, -0.05) is 66.2 Å². The third kappa shape index (κ3) is 5.69. The molecular weight excluding hydrogens is 568 g/mol. The fraction of sp³-hybridized carbons (Fsp3) is 0.103. The van der Waals surface area contributed by atoms with E-state index in [1.807, 2.05) is 89.6 Å². The summed E-state index contributed by atoms with van der Waals surface area (Å²) >= 11 is 11.6. The van der Waals surface area contributed by atoms with Crippen LogP contribution in [0.25, 0.3) is 16.9 Å². The molecule has 0 saturated heterocycles. The Bertz CT molecular complexity index is 1570. The number of benzene rings is 3. The fourth-order valence-corrected chi connectivity index (χ4v) is 5.29. The molecule has 5 nitrogen and oxygen atoms in total. The molecule has 37 heavy (non-hydrogen) atoms. The van der Waals surface area contributed by atoms with Crippen molar-refractivity contribution in [2.45, 2.75) is 18.0 Å². The van der Waals surface area contributed by atoms with Gasteiger partial charge in [0.05, 0.1) is 15.7 Å². The molecule has 0 bridgehead atoms. The fourth-order valence-electron chi connectivity index (χ4n) is 4.07. The number of anilines is 1. The average molecular weight is 592 g/mol. The number of thioether (sulfide) groups is 1. The average Bonchev–Trinajstić information content (AvgIpc) is 3.31. The number of fused-ring (bicyclic) bond motifs is 1.